The van der Waals surface area contributed by atoms with Crippen molar-refractivity contribution < 1.29 is 9.50 Å². The summed E-state index contributed by atoms with van der Waals surface area (Å²) in [6.07, 6.45) is 5.46. The van der Waals surface area contributed by atoms with E-state index in [1.807, 2.05) is 6.07 Å². The quantitative estimate of drug-likeness (QED) is 0.863. The fourth-order valence-electron chi connectivity index (χ4n) is 2.84. The molecule has 1 heterocycles. The Morgan fingerprint density at radius 2 is 2.14 bits per heavy atom. The highest BCUT2D eigenvalue weighted by Gasteiger charge is 2.17. The maximum Gasteiger partial charge on any atom is 0.124 e. The van der Waals surface area contributed by atoms with Crippen LogP contribution in [0.4, 0.5) is 4.39 Å². The Morgan fingerprint density at radius 1 is 1.29 bits per heavy atom. The molecule has 0 bridgehead atoms. The van der Waals surface area contributed by atoms with E-state index in [0.717, 1.165) is 18.7 Å². The molecule has 0 spiro atoms. The lowest BCUT2D eigenvalue weighted by Gasteiger charge is -2.27. The molecule has 2 rings (SSSR count). The van der Waals surface area contributed by atoms with Crippen molar-refractivity contribution in [2.45, 2.75) is 51.6 Å². The maximum absolute atomic E-state index is 13.7. The smallest absolute Gasteiger partial charge is 0.124 e. The molecule has 2 nitrogen and oxygen atoms in total. The molecule has 1 saturated heterocycles. The highest BCUT2D eigenvalue weighted by Crippen LogP contribution is 2.20. The van der Waals surface area contributed by atoms with Gasteiger partial charge < -0.3 is 5.11 Å². The van der Waals surface area contributed by atoms with Gasteiger partial charge in [-0.15, -0.1) is 0 Å². The molecule has 0 amide bonds. The third-order valence-corrected chi connectivity index (χ3v) is 4.00. The van der Waals surface area contributed by atoms with Crippen molar-refractivity contribution >= 4 is 0 Å². The second-order valence-corrected chi connectivity index (χ2v) is 5.79. The Bertz CT molecular complexity index is 518. The van der Waals surface area contributed by atoms with E-state index in [4.69, 9.17) is 5.11 Å². The highest BCUT2D eigenvalue weighted by atomic mass is 19.1. The molecule has 1 unspecified atom stereocenters. The van der Waals surface area contributed by atoms with E-state index in [0.29, 0.717) is 18.0 Å². The van der Waals surface area contributed by atoms with Crippen LogP contribution in [0.15, 0.2) is 18.2 Å². The van der Waals surface area contributed by atoms with Crippen molar-refractivity contribution in [1.82, 2.24) is 4.90 Å². The summed E-state index contributed by atoms with van der Waals surface area (Å²) in [5.74, 6) is 5.53. The zero-order valence-corrected chi connectivity index (χ0v) is 12.7. The summed E-state index contributed by atoms with van der Waals surface area (Å²) in [6, 6.07) is 5.58. The Labute approximate surface area is 127 Å². The minimum absolute atomic E-state index is 0.0421. The van der Waals surface area contributed by atoms with Crippen LogP contribution < -0.4 is 0 Å². The van der Waals surface area contributed by atoms with Crippen LogP contribution in [-0.2, 0) is 6.54 Å². The first-order chi connectivity index (χ1) is 10.2. The lowest BCUT2D eigenvalue weighted by molar-refractivity contribution is 0.204. The zero-order valence-electron chi connectivity index (χ0n) is 12.7. The van der Waals surface area contributed by atoms with Crippen LogP contribution in [0.2, 0.25) is 0 Å². The molecule has 1 aromatic carbocycles. The summed E-state index contributed by atoms with van der Waals surface area (Å²) in [5, 5.41) is 8.74. The second-order valence-electron chi connectivity index (χ2n) is 5.79. The molecule has 0 radical (unpaired) electrons. The molecule has 114 valence electrons. The fraction of sp³-hybridized carbons (Fsp3) is 0.556. The number of halogens is 1. The van der Waals surface area contributed by atoms with E-state index in [1.165, 1.54) is 31.7 Å². The van der Waals surface area contributed by atoms with E-state index in [2.05, 4.69) is 23.7 Å². The molecule has 0 saturated carbocycles. The molecule has 21 heavy (non-hydrogen) atoms. The summed E-state index contributed by atoms with van der Waals surface area (Å²) in [6.45, 7) is 4.17. The van der Waals surface area contributed by atoms with Gasteiger partial charge in [0.2, 0.25) is 0 Å². The third kappa shape index (κ3) is 5.15. The minimum atomic E-state index is -0.233. The van der Waals surface area contributed by atoms with Gasteiger partial charge in [0.15, 0.2) is 0 Å². The van der Waals surface area contributed by atoms with Crippen molar-refractivity contribution in [2.75, 3.05) is 13.2 Å². The van der Waals surface area contributed by atoms with E-state index in [1.54, 1.807) is 6.07 Å². The Hall–Kier alpha value is -1.37. The van der Waals surface area contributed by atoms with Crippen LogP contribution in [0.3, 0.4) is 0 Å². The molecule has 1 aromatic rings. The molecule has 1 aliphatic heterocycles. The molecule has 0 aromatic heterocycles. The molecule has 1 atom stereocenters. The largest absolute Gasteiger partial charge is 0.395 e. The first-order valence-electron chi connectivity index (χ1n) is 7.82. The first-order valence-corrected chi connectivity index (χ1v) is 7.82. The van der Waals surface area contributed by atoms with Crippen LogP contribution in [0.1, 0.15) is 50.2 Å². The summed E-state index contributed by atoms with van der Waals surface area (Å²) < 4.78 is 13.7. The molecule has 0 aliphatic carbocycles. The van der Waals surface area contributed by atoms with Crippen LogP contribution in [0.5, 0.6) is 0 Å². The van der Waals surface area contributed by atoms with Gasteiger partial charge >= 0.3 is 0 Å². The molecule has 1 N–H and O–H groups in total. The number of hydrogen-bond donors (Lipinski definition) is 1. The lowest BCUT2D eigenvalue weighted by atomic mass is 10.1. The first kappa shape index (κ1) is 16.0. The summed E-state index contributed by atoms with van der Waals surface area (Å²) in [7, 11) is 0. The minimum Gasteiger partial charge on any atom is -0.395 e. The number of rotatable bonds is 3. The SMILES string of the molecule is CC1CCCCCN1Cc1cc(F)cc(C#CCCO)c1. The number of likely N-dealkylation sites (tertiary alicyclic amines) is 1. The predicted molar refractivity (Wildman–Crippen MR) is 83.3 cm³/mol. The van der Waals surface area contributed by atoms with E-state index in [-0.39, 0.29) is 12.4 Å². The van der Waals surface area contributed by atoms with Crippen molar-refractivity contribution in [2.24, 2.45) is 0 Å². The van der Waals surface area contributed by atoms with Gasteiger partial charge in [-0.2, -0.15) is 0 Å². The third-order valence-electron chi connectivity index (χ3n) is 4.00. The molecule has 1 aliphatic rings. The number of hydrogen-bond acceptors (Lipinski definition) is 2. The summed E-state index contributed by atoms with van der Waals surface area (Å²) in [5.41, 5.74) is 1.68. The number of nitrogens with zero attached hydrogens (tertiary/aromatic N) is 1. The molecular formula is C18H24FNO. The van der Waals surface area contributed by atoms with E-state index < -0.39 is 0 Å². The summed E-state index contributed by atoms with van der Waals surface area (Å²) >= 11 is 0. The zero-order chi connectivity index (χ0) is 15.1. The van der Waals surface area contributed by atoms with Crippen LogP contribution in [0.25, 0.3) is 0 Å². The van der Waals surface area contributed by atoms with E-state index >= 15 is 0 Å². The van der Waals surface area contributed by atoms with Gasteiger partial charge in [0.25, 0.3) is 0 Å². The Balaban J connectivity index is 2.10. The normalized spacial score (nSPS) is 19.7. The maximum atomic E-state index is 13.7. The monoisotopic (exact) mass is 289 g/mol. The van der Waals surface area contributed by atoms with Crippen molar-refractivity contribution in [1.29, 1.82) is 0 Å². The molecule has 3 heteroatoms. The van der Waals surface area contributed by atoms with Crippen molar-refractivity contribution in [3.05, 3.63) is 35.1 Å². The lowest BCUT2D eigenvalue weighted by Crippen LogP contribution is -2.32. The van der Waals surface area contributed by atoms with Gasteiger partial charge in [0.1, 0.15) is 5.82 Å². The Morgan fingerprint density at radius 3 is 2.95 bits per heavy atom. The highest BCUT2D eigenvalue weighted by molar-refractivity contribution is 5.37. The van der Waals surface area contributed by atoms with Gasteiger partial charge in [-0.3, -0.25) is 4.90 Å². The van der Waals surface area contributed by atoms with Crippen LogP contribution >= 0.6 is 0 Å². The average Bonchev–Trinajstić information content (AvgIpc) is 2.64. The van der Waals surface area contributed by atoms with Crippen LogP contribution in [0, 0.1) is 17.7 Å². The Kier molecular flexibility index (Phi) is 6.22. The van der Waals surface area contributed by atoms with Gasteiger partial charge in [-0.25, -0.2) is 4.39 Å². The van der Waals surface area contributed by atoms with Crippen molar-refractivity contribution in [3.8, 4) is 11.8 Å². The molecule has 1 fully saturated rings. The molecular weight excluding hydrogens is 265 g/mol. The predicted octanol–water partition coefficient (Wildman–Crippen LogP) is 3.32. The van der Waals surface area contributed by atoms with Gasteiger partial charge in [0, 0.05) is 24.6 Å². The van der Waals surface area contributed by atoms with Crippen molar-refractivity contribution in [3.63, 3.8) is 0 Å². The van der Waals surface area contributed by atoms with Gasteiger partial charge in [-0.1, -0.05) is 24.7 Å². The topological polar surface area (TPSA) is 23.5 Å². The fourth-order valence-corrected chi connectivity index (χ4v) is 2.84. The second kappa shape index (κ2) is 8.17. The summed E-state index contributed by atoms with van der Waals surface area (Å²) in [4.78, 5) is 2.44. The van der Waals surface area contributed by atoms with Gasteiger partial charge in [-0.05, 0) is 50.1 Å². The van der Waals surface area contributed by atoms with Gasteiger partial charge in [0.05, 0.1) is 6.61 Å². The number of benzene rings is 1. The number of aliphatic hydroxyl groups is 1. The average molecular weight is 289 g/mol. The van der Waals surface area contributed by atoms with E-state index in [9.17, 15) is 4.39 Å². The number of aliphatic hydroxyl groups excluding tert-OH is 1. The standard InChI is InChI=1S/C18H24FNO/c1-15-7-3-2-5-9-20(15)14-17-11-16(8-4-6-10-21)12-18(19)13-17/h11-13,15,21H,2-3,5-7,9-10,14H2,1H3. The van der Waals surface area contributed by atoms with Crippen LogP contribution in [-0.4, -0.2) is 29.2 Å².